The number of hydrogen-bond donors (Lipinski definition) is 3. The predicted octanol–water partition coefficient (Wildman–Crippen LogP) is 1.82. The molecule has 0 saturated carbocycles. The maximum Gasteiger partial charge on any atom is 0.242 e. The zero-order valence-electron chi connectivity index (χ0n) is 10.8. The van der Waals surface area contributed by atoms with Gasteiger partial charge in [0.1, 0.15) is 10.7 Å². The lowest BCUT2D eigenvalue weighted by Crippen LogP contribution is -2.23. The van der Waals surface area contributed by atoms with E-state index in [1.807, 2.05) is 6.92 Å². The van der Waals surface area contributed by atoms with E-state index in [1.165, 1.54) is 11.3 Å². The van der Waals surface area contributed by atoms with Crippen LogP contribution in [0.15, 0.2) is 27.1 Å². The number of hydrogen-bond acceptors (Lipinski definition) is 5. The predicted molar refractivity (Wildman–Crippen MR) is 82.0 cm³/mol. The van der Waals surface area contributed by atoms with Crippen LogP contribution in [0.2, 0.25) is 0 Å². The fourth-order valence-corrected chi connectivity index (χ4v) is 5.19. The Hall–Kier alpha value is -0.740. The molecule has 0 aliphatic rings. The minimum atomic E-state index is -3.55. The number of nitrogens with one attached hydrogen (secondary N) is 3. The van der Waals surface area contributed by atoms with E-state index in [1.54, 1.807) is 18.5 Å². The molecule has 110 valence electrons. The van der Waals surface area contributed by atoms with Gasteiger partial charge in [-0.1, -0.05) is 6.92 Å². The molecule has 0 amide bonds. The molecule has 0 aliphatic carbocycles. The van der Waals surface area contributed by atoms with E-state index in [0.29, 0.717) is 16.2 Å². The normalized spacial score (nSPS) is 11.9. The topological polar surface area (TPSA) is 86.9 Å². The summed E-state index contributed by atoms with van der Waals surface area (Å²) in [5.41, 5.74) is 0. The van der Waals surface area contributed by atoms with E-state index in [0.717, 1.165) is 11.4 Å². The summed E-state index contributed by atoms with van der Waals surface area (Å²) < 4.78 is 27.6. The second kappa shape index (κ2) is 6.81. The first-order valence-corrected chi connectivity index (χ1v) is 9.09. The average molecular weight is 379 g/mol. The molecular weight excluding hydrogens is 364 g/mol. The molecule has 2 rings (SSSR count). The van der Waals surface area contributed by atoms with Gasteiger partial charge in [0, 0.05) is 23.8 Å². The van der Waals surface area contributed by atoms with E-state index in [4.69, 9.17) is 0 Å². The largest absolute Gasteiger partial charge is 0.347 e. The maximum absolute atomic E-state index is 12.2. The van der Waals surface area contributed by atoms with Gasteiger partial charge in [0.05, 0.1) is 10.3 Å². The summed E-state index contributed by atoms with van der Waals surface area (Å²) in [5.74, 6) is 0.577. The van der Waals surface area contributed by atoms with Crippen LogP contribution in [0.3, 0.4) is 0 Å². The lowest BCUT2D eigenvalue weighted by molar-refractivity contribution is 0.579. The van der Waals surface area contributed by atoms with Crippen molar-refractivity contribution in [1.29, 1.82) is 0 Å². The molecule has 2 aromatic rings. The van der Waals surface area contributed by atoms with Gasteiger partial charge in [0.25, 0.3) is 0 Å². The van der Waals surface area contributed by atoms with E-state index in [-0.39, 0.29) is 11.4 Å². The van der Waals surface area contributed by atoms with Gasteiger partial charge in [0.2, 0.25) is 10.0 Å². The molecule has 2 aromatic heterocycles. The molecule has 0 aromatic carbocycles. The lowest BCUT2D eigenvalue weighted by Gasteiger charge is -2.03. The smallest absolute Gasteiger partial charge is 0.242 e. The fraction of sp³-hybridized carbons (Fsp3) is 0.364. The van der Waals surface area contributed by atoms with Crippen LogP contribution in [0.25, 0.3) is 0 Å². The van der Waals surface area contributed by atoms with Crippen LogP contribution < -0.4 is 10.0 Å². The highest BCUT2D eigenvalue weighted by atomic mass is 79.9. The third-order valence-corrected chi connectivity index (χ3v) is 6.18. The van der Waals surface area contributed by atoms with Gasteiger partial charge in [-0.15, -0.1) is 11.3 Å². The monoisotopic (exact) mass is 378 g/mol. The summed E-state index contributed by atoms with van der Waals surface area (Å²) in [7, 11) is -3.55. The number of halogens is 1. The average Bonchev–Trinajstić information content (AvgIpc) is 3.03. The molecule has 6 nitrogen and oxygen atoms in total. The number of H-pyrrole nitrogens is 1. The van der Waals surface area contributed by atoms with E-state index < -0.39 is 10.0 Å². The van der Waals surface area contributed by atoms with Crippen molar-refractivity contribution in [2.45, 2.75) is 24.9 Å². The molecule has 0 atom stereocenters. The van der Waals surface area contributed by atoms with Crippen molar-refractivity contribution in [2.75, 3.05) is 6.54 Å². The van der Waals surface area contributed by atoms with Gasteiger partial charge in [-0.25, -0.2) is 18.1 Å². The molecule has 0 aliphatic heterocycles. The van der Waals surface area contributed by atoms with E-state index >= 15 is 0 Å². The summed E-state index contributed by atoms with van der Waals surface area (Å²) in [6, 6.07) is 1.68. The van der Waals surface area contributed by atoms with Crippen LogP contribution in [0, 0.1) is 0 Å². The quantitative estimate of drug-likeness (QED) is 0.685. The molecule has 3 N–H and O–H groups in total. The zero-order valence-corrected chi connectivity index (χ0v) is 14.0. The Morgan fingerprint density at radius 1 is 1.45 bits per heavy atom. The molecule has 0 saturated heterocycles. The van der Waals surface area contributed by atoms with Crippen molar-refractivity contribution in [3.63, 3.8) is 0 Å². The number of rotatable bonds is 7. The second-order valence-electron chi connectivity index (χ2n) is 3.99. The standard InChI is InChI=1S/C11H15BrN4O2S2/c1-2-13-6-8-5-9(11(12)19-8)20(17,18)16-7-10-14-3-4-15-10/h3-5,13,16H,2,6-7H2,1H3,(H,14,15). The Kier molecular flexibility index (Phi) is 5.33. The van der Waals surface area contributed by atoms with Crippen molar-refractivity contribution in [1.82, 2.24) is 20.0 Å². The number of thiophene rings is 1. The number of aromatic amines is 1. The van der Waals surface area contributed by atoms with Crippen LogP contribution in [0.4, 0.5) is 0 Å². The van der Waals surface area contributed by atoms with Gasteiger partial charge >= 0.3 is 0 Å². The summed E-state index contributed by atoms with van der Waals surface area (Å²) in [6.45, 7) is 3.65. The third kappa shape index (κ3) is 3.89. The summed E-state index contributed by atoms with van der Waals surface area (Å²) in [4.78, 5) is 8.07. The van der Waals surface area contributed by atoms with Crippen molar-refractivity contribution >= 4 is 37.3 Å². The Labute approximate surface area is 130 Å². The number of imidazole rings is 1. The van der Waals surface area contributed by atoms with Crippen molar-refractivity contribution < 1.29 is 8.42 Å². The highest BCUT2D eigenvalue weighted by Crippen LogP contribution is 2.31. The van der Waals surface area contributed by atoms with Crippen LogP contribution in [-0.4, -0.2) is 24.9 Å². The van der Waals surface area contributed by atoms with Gasteiger partial charge in [-0.3, -0.25) is 0 Å². The fourth-order valence-electron chi connectivity index (χ4n) is 1.55. The molecule has 2 heterocycles. The number of nitrogens with zero attached hydrogens (tertiary/aromatic N) is 1. The van der Waals surface area contributed by atoms with Gasteiger partial charge in [-0.05, 0) is 28.5 Å². The van der Waals surface area contributed by atoms with Crippen molar-refractivity contribution in [3.8, 4) is 0 Å². The van der Waals surface area contributed by atoms with Crippen molar-refractivity contribution in [2.24, 2.45) is 0 Å². The second-order valence-corrected chi connectivity index (χ2v) is 8.18. The Morgan fingerprint density at radius 2 is 2.25 bits per heavy atom. The van der Waals surface area contributed by atoms with E-state index in [9.17, 15) is 8.42 Å². The highest BCUT2D eigenvalue weighted by molar-refractivity contribution is 9.11. The van der Waals surface area contributed by atoms with Crippen LogP contribution in [0.1, 0.15) is 17.6 Å². The third-order valence-electron chi connectivity index (χ3n) is 2.53. The van der Waals surface area contributed by atoms with E-state index in [2.05, 4.69) is 35.9 Å². The Morgan fingerprint density at radius 3 is 2.90 bits per heavy atom. The lowest BCUT2D eigenvalue weighted by atomic mass is 10.4. The van der Waals surface area contributed by atoms with Crippen LogP contribution in [-0.2, 0) is 23.1 Å². The first-order chi connectivity index (χ1) is 9.53. The minimum Gasteiger partial charge on any atom is -0.347 e. The molecule has 0 unspecified atom stereocenters. The van der Waals surface area contributed by atoms with Crippen LogP contribution in [0.5, 0.6) is 0 Å². The van der Waals surface area contributed by atoms with Gasteiger partial charge in [-0.2, -0.15) is 0 Å². The summed E-state index contributed by atoms with van der Waals surface area (Å²) >= 11 is 4.73. The molecule has 20 heavy (non-hydrogen) atoms. The minimum absolute atomic E-state index is 0.139. The zero-order chi connectivity index (χ0) is 14.6. The SMILES string of the molecule is CCNCc1cc(S(=O)(=O)NCc2ncc[nH]2)c(Br)s1. The molecule has 9 heteroatoms. The molecule has 0 spiro atoms. The van der Waals surface area contributed by atoms with Crippen LogP contribution >= 0.6 is 27.3 Å². The maximum atomic E-state index is 12.2. The molecule has 0 bridgehead atoms. The summed E-state index contributed by atoms with van der Waals surface area (Å²) in [6.07, 6.45) is 3.23. The molecule has 0 radical (unpaired) electrons. The highest BCUT2D eigenvalue weighted by Gasteiger charge is 2.20. The Balaban J connectivity index is 2.10. The molecule has 0 fully saturated rings. The van der Waals surface area contributed by atoms with Gasteiger partial charge < -0.3 is 10.3 Å². The van der Waals surface area contributed by atoms with Crippen molar-refractivity contribution in [3.05, 3.63) is 32.9 Å². The number of aromatic nitrogens is 2. The first kappa shape index (κ1) is 15.6. The summed E-state index contributed by atoms with van der Waals surface area (Å²) in [5, 5.41) is 3.17. The number of sulfonamides is 1. The Bertz CT molecular complexity index is 652. The molecular formula is C11H15BrN4O2S2. The van der Waals surface area contributed by atoms with Gasteiger partial charge in [0.15, 0.2) is 0 Å². The first-order valence-electron chi connectivity index (χ1n) is 5.99.